The molecule has 0 aliphatic rings. The lowest BCUT2D eigenvalue weighted by atomic mass is 10.2. The molecule has 0 saturated carbocycles. The van der Waals surface area contributed by atoms with E-state index in [-0.39, 0.29) is 29.8 Å². The fraction of sp³-hybridized carbons (Fsp3) is 0.129. The largest absolute Gasteiger partial charge is 0.755 e. The van der Waals surface area contributed by atoms with Crippen LogP contribution >= 0.6 is 0 Å². The minimum atomic E-state index is -2.81. The van der Waals surface area contributed by atoms with Crippen molar-refractivity contribution in [1.82, 2.24) is 9.97 Å². The second-order valence-electron chi connectivity index (χ2n) is 9.39. The van der Waals surface area contributed by atoms with E-state index in [0.717, 1.165) is 15.6 Å². The van der Waals surface area contributed by atoms with E-state index in [1.54, 1.807) is 60.7 Å². The predicted octanol–water partition coefficient (Wildman–Crippen LogP) is 5.68. The van der Waals surface area contributed by atoms with Crippen LogP contribution < -0.4 is 29.7 Å². The maximum absolute atomic E-state index is 12.8. The molecule has 1 atom stereocenters. The number of amides is 1. The molecule has 0 radical (unpaired) electrons. The number of benzene rings is 4. The number of fused-ring (bicyclic) bond motifs is 1. The predicted molar refractivity (Wildman–Crippen MR) is 168 cm³/mol. The molecule has 1 aromatic heterocycles. The maximum atomic E-state index is 12.8. The Morgan fingerprint density at radius 2 is 1.53 bits per heavy atom. The van der Waals surface area contributed by atoms with Gasteiger partial charge in [0, 0.05) is 35.3 Å². The normalized spacial score (nSPS) is 11.4. The molecule has 1 amide bonds. The van der Waals surface area contributed by atoms with Gasteiger partial charge < -0.3 is 30.0 Å². The van der Waals surface area contributed by atoms with Crippen LogP contribution in [-0.2, 0) is 16.1 Å². The fourth-order valence-electron chi connectivity index (χ4n) is 4.37. The zero-order chi connectivity index (χ0) is 30.3. The van der Waals surface area contributed by atoms with E-state index in [2.05, 4.69) is 20.9 Å². The second-order valence-corrected chi connectivity index (χ2v) is 10.2. The summed E-state index contributed by atoms with van der Waals surface area (Å²) in [6.45, 7) is 1.98. The van der Waals surface area contributed by atoms with Crippen LogP contribution in [0, 0.1) is 6.92 Å². The summed E-state index contributed by atoms with van der Waals surface area (Å²) in [5, 5.41) is 9.11. The zero-order valence-corrected chi connectivity index (χ0v) is 24.5. The first-order valence-corrected chi connectivity index (χ1v) is 14.2. The Morgan fingerprint density at radius 3 is 2.21 bits per heavy atom. The van der Waals surface area contributed by atoms with Gasteiger partial charge in [0.25, 0.3) is 0 Å². The standard InChI is InChI=1S/C31H30N6O5S/c1-20-9-4-5-12-26(20)32-19-29(38)33-21-10-8-11-23(15-21)37(43(39)40)31-30(35-27-13-6-7-14-28(27)36-31)34-22-16-24(41-2)18-25(17-22)42-3/h4-18,32H,19H2,1-3H3,(H,33,38)(H,34,35)(H,39,40)/p-1. The van der Waals surface area contributed by atoms with Gasteiger partial charge >= 0.3 is 0 Å². The molecule has 43 heavy (non-hydrogen) atoms. The van der Waals surface area contributed by atoms with Gasteiger partial charge in [0.05, 0.1) is 48.8 Å². The number of aromatic nitrogens is 2. The molecule has 1 heterocycles. The van der Waals surface area contributed by atoms with Crippen molar-refractivity contribution in [3.8, 4) is 11.5 Å². The molecular weight excluding hydrogens is 568 g/mol. The number of rotatable bonds is 11. The van der Waals surface area contributed by atoms with Crippen molar-refractivity contribution in [3.63, 3.8) is 0 Å². The maximum Gasteiger partial charge on any atom is 0.243 e. The lowest BCUT2D eigenvalue weighted by molar-refractivity contribution is -0.114. The Labute approximate surface area is 251 Å². The lowest BCUT2D eigenvalue weighted by Gasteiger charge is -2.27. The minimum absolute atomic E-state index is 0.0264. The smallest absolute Gasteiger partial charge is 0.243 e. The third-order valence-electron chi connectivity index (χ3n) is 6.46. The number of para-hydroxylation sites is 3. The molecule has 220 valence electrons. The van der Waals surface area contributed by atoms with Crippen molar-refractivity contribution in [2.24, 2.45) is 0 Å². The van der Waals surface area contributed by atoms with Crippen LogP contribution in [0.25, 0.3) is 11.0 Å². The second kappa shape index (κ2) is 13.2. The van der Waals surface area contributed by atoms with E-state index in [1.165, 1.54) is 14.2 Å². The van der Waals surface area contributed by atoms with Gasteiger partial charge in [-0.3, -0.25) is 13.3 Å². The molecule has 0 aliphatic heterocycles. The molecular formula is C31H29N6O5S-. The molecule has 4 aromatic carbocycles. The van der Waals surface area contributed by atoms with Crippen LogP contribution in [0.5, 0.6) is 11.5 Å². The summed E-state index contributed by atoms with van der Waals surface area (Å²) in [5.41, 5.74) is 4.11. The number of carbonyl (C=O) groups excluding carboxylic acids is 1. The number of anilines is 6. The Balaban J connectivity index is 1.48. The van der Waals surface area contributed by atoms with Gasteiger partial charge in [-0.05, 0) is 48.9 Å². The Bertz CT molecular complexity index is 1780. The summed E-state index contributed by atoms with van der Waals surface area (Å²) < 4.78 is 37.3. The highest BCUT2D eigenvalue weighted by Crippen LogP contribution is 2.36. The molecule has 1 unspecified atom stereocenters. The number of aryl methyl sites for hydroxylation is 1. The number of methoxy groups -OCH3 is 2. The van der Waals surface area contributed by atoms with Crippen LogP contribution in [0.3, 0.4) is 0 Å². The third kappa shape index (κ3) is 7.00. The van der Waals surface area contributed by atoms with E-state index < -0.39 is 11.3 Å². The fourth-order valence-corrected chi connectivity index (χ4v) is 4.93. The van der Waals surface area contributed by atoms with E-state index in [1.807, 2.05) is 37.3 Å². The summed E-state index contributed by atoms with van der Waals surface area (Å²) in [7, 11) is 3.07. The molecule has 0 bridgehead atoms. The summed E-state index contributed by atoms with van der Waals surface area (Å²) >= 11 is -2.81. The SMILES string of the molecule is COc1cc(Nc2nc3ccccc3nc2N(c2cccc(NC(=O)CNc3ccccc3C)c2)S(=O)[O-])cc(OC)c1. The molecule has 12 heteroatoms. The number of nitrogens with one attached hydrogen (secondary N) is 3. The van der Waals surface area contributed by atoms with E-state index in [4.69, 9.17) is 14.5 Å². The number of nitrogens with zero attached hydrogens (tertiary/aromatic N) is 3. The molecule has 11 nitrogen and oxygen atoms in total. The zero-order valence-electron chi connectivity index (χ0n) is 23.7. The topological polar surface area (TPSA) is 141 Å². The van der Waals surface area contributed by atoms with Gasteiger partial charge in [0.15, 0.2) is 11.6 Å². The van der Waals surface area contributed by atoms with Gasteiger partial charge in [0.1, 0.15) is 11.5 Å². The van der Waals surface area contributed by atoms with Crippen molar-refractivity contribution < 1.29 is 23.0 Å². The molecule has 0 aliphatic carbocycles. The summed E-state index contributed by atoms with van der Waals surface area (Å²) in [5.74, 6) is 0.965. The van der Waals surface area contributed by atoms with Crippen molar-refractivity contribution >= 4 is 62.6 Å². The average molecular weight is 598 g/mol. The minimum Gasteiger partial charge on any atom is -0.755 e. The van der Waals surface area contributed by atoms with E-state index in [9.17, 15) is 13.6 Å². The quantitative estimate of drug-likeness (QED) is 0.164. The van der Waals surface area contributed by atoms with Crippen molar-refractivity contribution in [3.05, 3.63) is 96.6 Å². The number of hydrogen-bond donors (Lipinski definition) is 3. The monoisotopic (exact) mass is 597 g/mol. The van der Waals surface area contributed by atoms with Gasteiger partial charge in [-0.15, -0.1) is 0 Å². The first-order chi connectivity index (χ1) is 20.8. The van der Waals surface area contributed by atoms with Gasteiger partial charge in [-0.1, -0.05) is 36.4 Å². The van der Waals surface area contributed by atoms with Crippen molar-refractivity contribution in [2.45, 2.75) is 6.92 Å². The van der Waals surface area contributed by atoms with Crippen LogP contribution in [0.4, 0.5) is 34.4 Å². The molecule has 0 fully saturated rings. The molecule has 0 saturated heterocycles. The van der Waals surface area contributed by atoms with Crippen LogP contribution in [0.2, 0.25) is 0 Å². The van der Waals surface area contributed by atoms with Crippen LogP contribution in [-0.4, -0.2) is 45.4 Å². The Kier molecular flexibility index (Phi) is 8.99. The summed E-state index contributed by atoms with van der Waals surface area (Å²) in [6, 6.07) is 26.4. The summed E-state index contributed by atoms with van der Waals surface area (Å²) in [4.78, 5) is 22.1. The molecule has 5 aromatic rings. The Morgan fingerprint density at radius 1 is 0.860 bits per heavy atom. The van der Waals surface area contributed by atoms with Gasteiger partial charge in [-0.2, -0.15) is 0 Å². The first kappa shape index (κ1) is 29.3. The highest BCUT2D eigenvalue weighted by molar-refractivity contribution is 7.81. The highest BCUT2D eigenvalue weighted by atomic mass is 32.2. The van der Waals surface area contributed by atoms with Crippen molar-refractivity contribution in [2.75, 3.05) is 41.0 Å². The molecule has 0 spiro atoms. The molecule has 5 rings (SSSR count). The third-order valence-corrected chi connectivity index (χ3v) is 7.14. The van der Waals surface area contributed by atoms with Crippen molar-refractivity contribution in [1.29, 1.82) is 0 Å². The van der Waals surface area contributed by atoms with Crippen LogP contribution in [0.1, 0.15) is 5.56 Å². The van der Waals surface area contributed by atoms with Gasteiger partial charge in [0.2, 0.25) is 5.91 Å². The average Bonchev–Trinajstić information content (AvgIpc) is 3.00. The first-order valence-electron chi connectivity index (χ1n) is 13.2. The number of carbonyl (C=O) groups is 1. The Hall–Kier alpha value is -5.20. The van der Waals surface area contributed by atoms with E-state index in [0.29, 0.717) is 33.9 Å². The van der Waals surface area contributed by atoms with E-state index >= 15 is 0 Å². The number of ether oxygens (including phenoxy) is 2. The molecule has 3 N–H and O–H groups in total. The van der Waals surface area contributed by atoms with Crippen LogP contribution in [0.15, 0.2) is 91.0 Å². The lowest BCUT2D eigenvalue weighted by Crippen LogP contribution is -2.24. The highest BCUT2D eigenvalue weighted by Gasteiger charge is 2.21. The summed E-state index contributed by atoms with van der Waals surface area (Å²) in [6.07, 6.45) is 0. The number of hydrogen-bond acceptors (Lipinski definition) is 9. The van der Waals surface area contributed by atoms with Gasteiger partial charge in [-0.25, -0.2) is 9.97 Å².